The largest absolute Gasteiger partial charge is 0.446 e. The van der Waals surface area contributed by atoms with Crippen molar-refractivity contribution in [3.63, 3.8) is 0 Å². The molecule has 4 aromatic carbocycles. The predicted octanol–water partition coefficient (Wildman–Crippen LogP) is 7.09. The van der Waals surface area contributed by atoms with Gasteiger partial charge in [0, 0.05) is 29.7 Å². The third-order valence-electron chi connectivity index (χ3n) is 8.00. The zero-order valence-electron chi connectivity index (χ0n) is 26.5. The van der Waals surface area contributed by atoms with Crippen LogP contribution in [-0.4, -0.2) is 42.6 Å². The Hall–Kier alpha value is -5.17. The van der Waals surface area contributed by atoms with Gasteiger partial charge in [0.1, 0.15) is 24.3 Å². The number of nitrogens with one attached hydrogen (secondary N) is 1. The topological polar surface area (TPSA) is 137 Å². The Labute approximate surface area is 298 Å². The summed E-state index contributed by atoms with van der Waals surface area (Å²) in [6.07, 6.45) is 3.77. The fourth-order valence-corrected chi connectivity index (χ4v) is 7.40. The molecule has 1 aromatic heterocycles. The summed E-state index contributed by atoms with van der Waals surface area (Å²) in [4.78, 5) is 28.1. The molecule has 0 bridgehead atoms. The number of aromatic nitrogens is 2. The molecule has 0 saturated carbocycles. The Morgan fingerprint density at radius 2 is 1.76 bits per heavy atom. The number of hydrogen-bond donors (Lipinski definition) is 2. The highest BCUT2D eigenvalue weighted by Gasteiger charge is 2.33. The molecule has 256 valence electrons. The van der Waals surface area contributed by atoms with E-state index in [-0.39, 0.29) is 13.0 Å². The summed E-state index contributed by atoms with van der Waals surface area (Å²) in [6.45, 7) is 1.65. The quantitative estimate of drug-likeness (QED) is 0.157. The Morgan fingerprint density at radius 1 is 1.04 bits per heavy atom. The van der Waals surface area contributed by atoms with E-state index in [9.17, 15) is 18.0 Å². The van der Waals surface area contributed by atoms with E-state index in [0.29, 0.717) is 50.5 Å². The molecule has 2 heterocycles. The molecule has 1 aliphatic heterocycles. The minimum Gasteiger partial charge on any atom is -0.446 e. The lowest BCUT2D eigenvalue weighted by molar-refractivity contribution is -0.117. The highest BCUT2D eigenvalue weighted by molar-refractivity contribution is 7.92. The van der Waals surface area contributed by atoms with Crippen LogP contribution >= 0.6 is 23.2 Å². The Morgan fingerprint density at radius 3 is 2.42 bits per heavy atom. The first-order valence-corrected chi connectivity index (χ1v) is 17.5. The van der Waals surface area contributed by atoms with Crippen molar-refractivity contribution in [1.82, 2.24) is 14.3 Å². The number of primary amides is 1. The van der Waals surface area contributed by atoms with Gasteiger partial charge in [-0.05, 0) is 77.2 Å². The van der Waals surface area contributed by atoms with E-state index in [1.165, 1.54) is 6.07 Å². The molecule has 1 saturated heterocycles. The lowest BCUT2D eigenvalue weighted by Gasteiger charge is -2.17. The van der Waals surface area contributed by atoms with E-state index in [4.69, 9.17) is 38.7 Å². The lowest BCUT2D eigenvalue weighted by Crippen LogP contribution is -2.29. The first-order chi connectivity index (χ1) is 23.9. The van der Waals surface area contributed by atoms with Crippen molar-refractivity contribution in [2.24, 2.45) is 5.73 Å². The van der Waals surface area contributed by atoms with Gasteiger partial charge in [-0.15, -0.1) is 0 Å². The normalized spacial score (nSPS) is 14.6. The first kappa shape index (κ1) is 34.7. The summed E-state index contributed by atoms with van der Waals surface area (Å²) in [5.41, 5.74) is 10.1. The number of ether oxygens (including phenoxy) is 1. The number of halogens is 3. The summed E-state index contributed by atoms with van der Waals surface area (Å²) in [5.74, 6) is -0.579. The van der Waals surface area contributed by atoms with Crippen LogP contribution in [0.1, 0.15) is 29.4 Å². The van der Waals surface area contributed by atoms with Crippen LogP contribution in [0.4, 0.5) is 14.9 Å². The first-order valence-electron chi connectivity index (χ1n) is 15.3. The van der Waals surface area contributed by atoms with Crippen molar-refractivity contribution in [3.8, 4) is 22.4 Å². The summed E-state index contributed by atoms with van der Waals surface area (Å²) < 4.78 is 50.2. The summed E-state index contributed by atoms with van der Waals surface area (Å²) in [6, 6.07) is 24.4. The van der Waals surface area contributed by atoms with Crippen LogP contribution in [0, 0.1) is 5.82 Å². The van der Waals surface area contributed by atoms with Crippen molar-refractivity contribution in [2.45, 2.75) is 26.0 Å². The highest BCUT2D eigenvalue weighted by Crippen LogP contribution is 2.33. The van der Waals surface area contributed by atoms with Crippen LogP contribution in [0.15, 0.2) is 91.1 Å². The zero-order valence-corrected chi connectivity index (χ0v) is 28.8. The molecule has 50 heavy (non-hydrogen) atoms. The molecule has 0 radical (unpaired) electrons. The monoisotopic (exact) mass is 733 g/mol. The van der Waals surface area contributed by atoms with Crippen LogP contribution in [0.25, 0.3) is 34.5 Å². The second kappa shape index (κ2) is 14.4. The number of carbonyl (C=O) groups is 2. The van der Waals surface area contributed by atoms with Crippen LogP contribution in [0.2, 0.25) is 10.0 Å². The number of carbonyl (C=O) groups excluding carboxylic acids is 2. The average Bonchev–Trinajstić information content (AvgIpc) is 3.59. The Bertz CT molecular complexity index is 2230. The van der Waals surface area contributed by atoms with Crippen LogP contribution in [-0.2, 0) is 32.7 Å². The second-order valence-corrected chi connectivity index (χ2v) is 14.0. The van der Waals surface area contributed by atoms with Gasteiger partial charge in [-0.1, -0.05) is 77.8 Å². The van der Waals surface area contributed by atoms with E-state index in [1.54, 1.807) is 67.6 Å². The van der Waals surface area contributed by atoms with Crippen molar-refractivity contribution in [3.05, 3.63) is 130 Å². The summed E-state index contributed by atoms with van der Waals surface area (Å²) >= 11 is 12.7. The van der Waals surface area contributed by atoms with Crippen molar-refractivity contribution >= 4 is 63.3 Å². The number of rotatable bonds is 10. The second-order valence-electron chi connectivity index (χ2n) is 11.6. The molecular formula is C36H30Cl2FN5O5S. The van der Waals surface area contributed by atoms with Crippen molar-refractivity contribution in [2.75, 3.05) is 10.8 Å². The number of benzene rings is 4. The van der Waals surface area contributed by atoms with Gasteiger partial charge in [0.15, 0.2) is 0 Å². The van der Waals surface area contributed by atoms with Gasteiger partial charge >= 0.3 is 16.3 Å². The molecule has 0 aliphatic carbocycles. The number of amides is 2. The maximum Gasteiger partial charge on any atom is 0.404 e. The molecule has 5 aromatic rings. The van der Waals surface area contributed by atoms with Gasteiger partial charge in [-0.2, -0.15) is 8.42 Å². The number of nitrogens with zero attached hydrogens (tertiary/aromatic N) is 3. The van der Waals surface area contributed by atoms with Crippen molar-refractivity contribution in [1.29, 1.82) is 0 Å². The third kappa shape index (κ3) is 7.67. The van der Waals surface area contributed by atoms with Crippen LogP contribution in [0.3, 0.4) is 0 Å². The van der Waals surface area contributed by atoms with Crippen LogP contribution in [0.5, 0.6) is 0 Å². The van der Waals surface area contributed by atoms with E-state index >= 15 is 4.39 Å². The molecule has 10 nitrogen and oxygen atoms in total. The minimum atomic E-state index is -3.95. The third-order valence-corrected chi connectivity index (χ3v) is 9.96. The van der Waals surface area contributed by atoms with E-state index < -0.39 is 34.1 Å². The standard InChI is InChI=1S/C36H30Cl2FN5O5S/c1-22(49-36(40)46)17-30-28(27(13-15-32(30)39)24-5-3-2-4-6-24)14-16-34-41-33(29-12-9-25(37)18-31(29)38)20-43(34)19-23-7-10-26(11-8-23)44-21-35(45)42-50(44,47)48/h2-16,18,20,22H,17,19,21H2,1H3,(H2,40,46)(H,42,45)/b16-14+. The predicted molar refractivity (Wildman–Crippen MR) is 192 cm³/mol. The number of imidazole rings is 1. The van der Waals surface area contributed by atoms with Gasteiger partial charge in [0.25, 0.3) is 5.91 Å². The fraction of sp³-hybridized carbons (Fsp3) is 0.139. The zero-order chi connectivity index (χ0) is 35.6. The molecule has 1 unspecified atom stereocenters. The molecule has 3 N–H and O–H groups in total. The molecule has 1 atom stereocenters. The maximum atomic E-state index is 15.5. The highest BCUT2D eigenvalue weighted by atomic mass is 35.5. The smallest absolute Gasteiger partial charge is 0.404 e. The SMILES string of the molecule is CC(Cc1c(F)ccc(-c2ccccc2)c1/C=C/c1nc(-c2ccc(Cl)cc2Cl)cn1Cc1ccc(N2CC(=O)NS2(=O)=O)cc1)OC(N)=O. The number of anilines is 1. The van der Waals surface area contributed by atoms with Gasteiger partial charge in [0.05, 0.1) is 16.4 Å². The molecule has 14 heteroatoms. The van der Waals surface area contributed by atoms with E-state index in [2.05, 4.69) is 0 Å². The summed E-state index contributed by atoms with van der Waals surface area (Å²) in [5, 5.41) is 0.871. The Kier molecular flexibility index (Phi) is 9.96. The average molecular weight is 735 g/mol. The van der Waals surface area contributed by atoms with Gasteiger partial charge in [0.2, 0.25) is 0 Å². The number of hydrogen-bond acceptors (Lipinski definition) is 6. The molecule has 1 aliphatic rings. The van der Waals surface area contributed by atoms with Crippen molar-refractivity contribution < 1.29 is 27.1 Å². The van der Waals surface area contributed by atoms with Gasteiger partial charge in [-0.3, -0.25) is 4.79 Å². The maximum absolute atomic E-state index is 15.5. The molecule has 2 amide bonds. The van der Waals surface area contributed by atoms with Gasteiger partial charge < -0.3 is 15.0 Å². The van der Waals surface area contributed by atoms with Gasteiger partial charge in [-0.25, -0.2) is 23.2 Å². The lowest BCUT2D eigenvalue weighted by atomic mass is 9.92. The van der Waals surface area contributed by atoms with Crippen LogP contribution < -0.4 is 14.8 Å². The molecular weight excluding hydrogens is 704 g/mol. The fourth-order valence-electron chi connectivity index (χ4n) is 5.75. The number of nitrogens with two attached hydrogens (primary N) is 1. The van der Waals surface area contributed by atoms with E-state index in [0.717, 1.165) is 21.0 Å². The molecule has 0 spiro atoms. The summed E-state index contributed by atoms with van der Waals surface area (Å²) in [7, 11) is -3.95. The minimum absolute atomic E-state index is 0.0649. The molecule has 1 fully saturated rings. The Balaban J connectivity index is 1.42. The van der Waals surface area contributed by atoms with E-state index in [1.807, 2.05) is 45.8 Å². The molecule has 6 rings (SSSR count).